The molecule has 7 unspecified atom stereocenters. The molecule has 0 spiro atoms. The van der Waals surface area contributed by atoms with E-state index >= 15 is 0 Å². The smallest absolute Gasteiger partial charge is 0.241 e. The van der Waals surface area contributed by atoms with E-state index in [9.17, 15) is 72.0 Å². The van der Waals surface area contributed by atoms with Gasteiger partial charge in [-0.1, -0.05) is 199 Å². The largest absolute Gasteiger partial charge is 0.378 e. The van der Waals surface area contributed by atoms with Crippen LogP contribution >= 0.6 is 0 Å². The van der Waals surface area contributed by atoms with E-state index in [1.807, 2.05) is 152 Å². The molecule has 1 saturated carbocycles. The molecule has 6 aliphatic heterocycles. The molecule has 0 aromatic heterocycles. The SMILES string of the molecule is CC1CCCC(N(C)C(=O)C(Cc2ccccc2)NS(=O)(=O)c2ccc3c(c2)CCC(=O)N3)C1C.CCCCN(Cc1ccccc1)C(=O)C(Cc1ccccc1)NS(=O)(=O)c1ccc2c(c1)CCC(=O)N2.CCN1CCN(C(=O)C(Cc2ccccc2)NS(=O)(=O)c2ccc3c(c2)CCC(=O)N3)CC1.O=C1CCc2cc(S(=O)(=O)NC(Cc3ccccc3)C(=O)N3CCOCC3)ccc2N1. The van der Waals surface area contributed by atoms with E-state index in [0.717, 1.165) is 102 Å². The molecule has 2 saturated heterocycles. The normalized spacial score (nSPS) is 18.1. The summed E-state index contributed by atoms with van der Waals surface area (Å²) in [5.74, 6) is -0.387. The first-order valence-corrected chi connectivity index (χ1v) is 52.7. The Morgan fingerprint density at radius 1 is 0.397 bits per heavy atom. The molecule has 7 atom stereocenters. The number of likely N-dealkylation sites (N-methyl/N-ethyl adjacent to an activating group) is 2. The van der Waals surface area contributed by atoms with E-state index in [4.69, 9.17) is 4.74 Å². The fourth-order valence-corrected chi connectivity index (χ4v) is 22.9. The molecule has 34 heteroatoms. The van der Waals surface area contributed by atoms with Gasteiger partial charge < -0.3 is 50.5 Å². The first-order chi connectivity index (χ1) is 65.3. The molecule has 7 aliphatic rings. The van der Waals surface area contributed by atoms with Gasteiger partial charge in [-0.25, -0.2) is 33.7 Å². The number of piperazine rings is 1. The summed E-state index contributed by atoms with van der Waals surface area (Å²) >= 11 is 0. The lowest BCUT2D eigenvalue weighted by Gasteiger charge is -2.41. The Morgan fingerprint density at radius 2 is 0.713 bits per heavy atom. The molecule has 6 heterocycles. The molecular weight excluding hydrogens is 1810 g/mol. The van der Waals surface area contributed by atoms with E-state index in [2.05, 4.69) is 72.8 Å². The van der Waals surface area contributed by atoms with E-state index in [0.29, 0.717) is 138 Å². The zero-order valence-corrected chi connectivity index (χ0v) is 80.8. The quantitative estimate of drug-likeness (QED) is 0.0200. The number of aryl methyl sites for hydroxylation is 4. The second-order valence-corrected chi connectivity index (χ2v) is 42.4. The number of unbranched alkanes of at least 4 members (excludes halogenated alkanes) is 1. The minimum Gasteiger partial charge on any atom is -0.378 e. The van der Waals surface area contributed by atoms with Crippen molar-refractivity contribution in [2.45, 2.75) is 193 Å². The summed E-state index contributed by atoms with van der Waals surface area (Å²) < 4.78 is 123. The summed E-state index contributed by atoms with van der Waals surface area (Å²) in [6, 6.07) is 62.4. The van der Waals surface area contributed by atoms with Gasteiger partial charge in [0.05, 0.1) is 32.8 Å². The van der Waals surface area contributed by atoms with Crippen molar-refractivity contribution in [1.82, 2.24) is 43.4 Å². The van der Waals surface area contributed by atoms with Gasteiger partial charge >= 0.3 is 0 Å². The molecule has 8 N–H and O–H groups in total. The average molecular weight is 1930 g/mol. The lowest BCUT2D eigenvalue weighted by atomic mass is 9.77. The maximum Gasteiger partial charge on any atom is 0.241 e. The number of hydrogen-bond donors (Lipinski definition) is 8. The van der Waals surface area contributed by atoms with Crippen molar-refractivity contribution in [3.05, 3.63) is 275 Å². The Morgan fingerprint density at radius 3 is 1.05 bits per heavy atom. The molecule has 722 valence electrons. The van der Waals surface area contributed by atoms with Crippen LogP contribution in [0.2, 0.25) is 0 Å². The van der Waals surface area contributed by atoms with E-state index in [1.54, 1.807) is 75.2 Å². The molecule has 9 aromatic rings. The molecule has 16 rings (SSSR count). The van der Waals surface area contributed by atoms with Gasteiger partial charge in [-0.2, -0.15) is 18.9 Å². The standard InChI is InChI=1S/C29H33N3O4S.C27H35N3O4S.C24H30N4O4S.C22H25N3O5S/c1-2-3-18-32(21-23-12-8-5-9-13-23)29(34)27(19-22-10-6-4-7-11-22)31-37(35,36)25-15-16-26-24(20-25)14-17-28(33)30-26;1-18-8-7-11-25(19(18)2)30(3)27(32)24(16-20-9-5-4-6-10-20)29-35(33,34)22-13-14-23-21(17-22)12-15-26(31)28-23;1-2-27-12-14-28(15-13-27)24(30)22(16-18-6-4-3-5-7-18)26-33(31,32)20-9-10-21-19(17-20)8-11-23(29)25-21;26-21-9-6-17-15-18(7-8-19(17)23-21)31(28,29)24-20(14-16-4-2-1-3-5-16)22(27)25-10-12-30-13-11-25/h4-13,15-16,20,27,31H,2-3,14,17-19,21H2,1H3,(H,30,33);4-6,9-10,13-14,17-19,24-25,29H,7-8,11-12,15-16H2,1-3H3,(H,28,31);3-7,9-10,17,22,26H,2,8,11-16H2,1H3,(H,25,29);1-5,7-8,15,20,24H,6,9-14H2,(H,23,26). The number of sulfonamides is 4. The third-order valence-electron chi connectivity index (χ3n) is 25.9. The van der Waals surface area contributed by atoms with Crippen LogP contribution < -0.4 is 40.2 Å². The van der Waals surface area contributed by atoms with Gasteiger partial charge in [-0.05, 0) is 205 Å². The van der Waals surface area contributed by atoms with Crippen LogP contribution in [0.5, 0.6) is 0 Å². The highest BCUT2D eigenvalue weighted by atomic mass is 32.2. The van der Waals surface area contributed by atoms with Crippen molar-refractivity contribution in [2.75, 3.05) is 93.9 Å². The van der Waals surface area contributed by atoms with Gasteiger partial charge in [0.15, 0.2) is 0 Å². The third-order valence-corrected chi connectivity index (χ3v) is 31.8. The van der Waals surface area contributed by atoms with Gasteiger partial charge in [0.1, 0.15) is 24.2 Å². The van der Waals surface area contributed by atoms with E-state index in [1.165, 1.54) is 24.3 Å². The monoisotopic (exact) mass is 1930 g/mol. The minimum atomic E-state index is -4.01. The molecular formula is C102H123N13O17S4. The predicted octanol–water partition coefficient (Wildman–Crippen LogP) is 11.0. The van der Waals surface area contributed by atoms with Gasteiger partial charge in [-0.3, -0.25) is 38.4 Å². The predicted molar refractivity (Wildman–Crippen MR) is 522 cm³/mol. The van der Waals surface area contributed by atoms with Crippen LogP contribution in [0.25, 0.3) is 0 Å². The van der Waals surface area contributed by atoms with Gasteiger partial charge in [0.2, 0.25) is 87.4 Å². The van der Waals surface area contributed by atoms with Gasteiger partial charge in [-0.15, -0.1) is 0 Å². The van der Waals surface area contributed by atoms with Crippen LogP contribution in [0.15, 0.2) is 244 Å². The van der Waals surface area contributed by atoms with Crippen molar-refractivity contribution in [1.29, 1.82) is 0 Å². The fraction of sp³-hybridized carbons (Fsp3) is 0.392. The number of benzene rings is 9. The topological polar surface area (TPSA) is 395 Å². The van der Waals surface area contributed by atoms with Crippen molar-refractivity contribution >= 4 is 110 Å². The molecule has 9 aromatic carbocycles. The van der Waals surface area contributed by atoms with Gasteiger partial charge in [0, 0.05) is 114 Å². The minimum absolute atomic E-state index is 0.0750. The Bertz CT molecular complexity index is 6180. The van der Waals surface area contributed by atoms with Crippen LogP contribution in [0, 0.1) is 11.8 Å². The summed E-state index contributed by atoms with van der Waals surface area (Å²) in [6.45, 7) is 14.9. The first kappa shape index (κ1) is 102. The Labute approximate surface area is 798 Å². The van der Waals surface area contributed by atoms with Crippen LogP contribution in [-0.2, 0) is 141 Å². The van der Waals surface area contributed by atoms with Gasteiger partial charge in [0.25, 0.3) is 0 Å². The third kappa shape index (κ3) is 27.8. The van der Waals surface area contributed by atoms with Crippen molar-refractivity contribution in [2.24, 2.45) is 11.8 Å². The number of carbonyl (C=O) groups excluding carboxylic acids is 8. The molecule has 0 bridgehead atoms. The number of nitrogens with zero attached hydrogens (tertiary/aromatic N) is 5. The van der Waals surface area contributed by atoms with Crippen LogP contribution in [0.4, 0.5) is 22.7 Å². The number of ether oxygens (including phenoxy) is 1. The average Bonchev–Trinajstić information content (AvgIpc) is 0.800. The molecule has 8 amide bonds. The number of rotatable bonds is 31. The van der Waals surface area contributed by atoms with E-state index in [-0.39, 0.29) is 98.6 Å². The second-order valence-electron chi connectivity index (χ2n) is 35.5. The van der Waals surface area contributed by atoms with Crippen molar-refractivity contribution in [3.8, 4) is 0 Å². The second kappa shape index (κ2) is 47.4. The highest BCUT2D eigenvalue weighted by Gasteiger charge is 2.40. The lowest BCUT2D eigenvalue weighted by Crippen LogP contribution is -2.55. The van der Waals surface area contributed by atoms with Crippen LogP contribution in [-0.4, -0.2) is 208 Å². The lowest BCUT2D eigenvalue weighted by molar-refractivity contribution is -0.137. The zero-order valence-electron chi connectivity index (χ0n) is 77.5. The molecule has 30 nitrogen and oxygen atoms in total. The number of nitrogens with one attached hydrogen (secondary N) is 8. The number of hydrogen-bond acceptors (Lipinski definition) is 18. The first-order valence-electron chi connectivity index (χ1n) is 46.7. The Kier molecular flexibility index (Phi) is 35.4. The van der Waals surface area contributed by atoms with Crippen molar-refractivity contribution < 1.29 is 76.8 Å². The Hall–Kier alpha value is -11.7. The Balaban J connectivity index is 0.000000154. The summed E-state index contributed by atoms with van der Waals surface area (Å²) in [7, 11) is -14.1. The number of morpholine rings is 1. The molecule has 1 aliphatic carbocycles. The number of carbonyl (C=O) groups is 8. The molecule has 0 radical (unpaired) electrons. The number of fused-ring (bicyclic) bond motifs is 4. The zero-order chi connectivity index (χ0) is 96.7. The summed E-state index contributed by atoms with van der Waals surface area (Å²) in [5.41, 5.74) is 10.1. The maximum atomic E-state index is 13.9. The molecule has 3 fully saturated rings. The van der Waals surface area contributed by atoms with E-state index < -0.39 is 64.3 Å². The summed E-state index contributed by atoms with van der Waals surface area (Å²) in [4.78, 5) is 110. The van der Waals surface area contributed by atoms with Crippen LogP contribution in [0.3, 0.4) is 0 Å². The highest BCUT2D eigenvalue weighted by Crippen LogP contribution is 2.35. The fourth-order valence-electron chi connectivity index (χ4n) is 17.9. The van der Waals surface area contributed by atoms with Crippen molar-refractivity contribution in [3.63, 3.8) is 0 Å². The highest BCUT2D eigenvalue weighted by molar-refractivity contribution is 7.90. The maximum absolute atomic E-state index is 13.9. The number of anilines is 4. The molecule has 136 heavy (non-hydrogen) atoms. The summed E-state index contributed by atoms with van der Waals surface area (Å²) in [6.07, 6.45) is 9.08. The number of amides is 8. The summed E-state index contributed by atoms with van der Waals surface area (Å²) in [5, 5.41) is 11.1. The van der Waals surface area contributed by atoms with Crippen LogP contribution in [0.1, 0.15) is 136 Å².